The number of carbonyl (C=O) groups excluding carboxylic acids is 1. The van der Waals surface area contributed by atoms with E-state index in [0.29, 0.717) is 29.2 Å². The highest BCUT2D eigenvalue weighted by Gasteiger charge is 2.10. The number of nitrogens with one attached hydrogen (secondary N) is 2. The maximum absolute atomic E-state index is 12.4. The number of para-hydroxylation sites is 2. The zero-order valence-corrected chi connectivity index (χ0v) is 16.8. The maximum atomic E-state index is 12.4. The number of hydrogen-bond acceptors (Lipinski definition) is 5. The summed E-state index contributed by atoms with van der Waals surface area (Å²) in [6, 6.07) is 18.5. The number of nitrogen functional groups attached to an aromatic ring is 1. The molecular weight excluding hydrogens is 366 g/mol. The fourth-order valence-electron chi connectivity index (χ4n) is 3.04. The molecule has 0 heterocycles. The standard InChI is InChI=1S/C23H25N3O3/c1-15-12-18(13-21(28-2)22(15)29-3)25-14-16-8-10-17(11-9-16)23(27)26-20-7-5-4-6-19(20)24/h4-13,25H,14,24H2,1-3H3,(H,26,27). The lowest BCUT2D eigenvalue weighted by atomic mass is 10.1. The minimum atomic E-state index is -0.196. The Kier molecular flexibility index (Phi) is 6.24. The number of hydrogen-bond donors (Lipinski definition) is 3. The average molecular weight is 391 g/mol. The molecule has 3 rings (SSSR count). The van der Waals surface area contributed by atoms with Crippen molar-refractivity contribution < 1.29 is 14.3 Å². The molecule has 0 spiro atoms. The molecule has 3 aromatic carbocycles. The fourth-order valence-corrected chi connectivity index (χ4v) is 3.04. The fraction of sp³-hybridized carbons (Fsp3) is 0.174. The van der Waals surface area contributed by atoms with Gasteiger partial charge in [-0.1, -0.05) is 24.3 Å². The third-order valence-corrected chi connectivity index (χ3v) is 4.59. The number of nitrogens with two attached hydrogens (primary N) is 1. The van der Waals surface area contributed by atoms with Gasteiger partial charge in [0, 0.05) is 23.9 Å². The second-order valence-electron chi connectivity index (χ2n) is 6.62. The average Bonchev–Trinajstić information content (AvgIpc) is 2.73. The van der Waals surface area contributed by atoms with E-state index in [2.05, 4.69) is 10.6 Å². The van der Waals surface area contributed by atoms with Gasteiger partial charge in [-0.3, -0.25) is 4.79 Å². The van der Waals surface area contributed by atoms with Crippen molar-refractivity contribution in [1.82, 2.24) is 0 Å². The molecule has 0 saturated carbocycles. The Balaban J connectivity index is 1.64. The van der Waals surface area contributed by atoms with Crippen molar-refractivity contribution in [3.8, 4) is 11.5 Å². The Morgan fingerprint density at radius 1 is 1.00 bits per heavy atom. The zero-order valence-electron chi connectivity index (χ0n) is 16.8. The molecule has 0 saturated heterocycles. The number of ether oxygens (including phenoxy) is 2. The molecule has 0 radical (unpaired) electrons. The summed E-state index contributed by atoms with van der Waals surface area (Å²) in [7, 11) is 3.25. The molecule has 0 fully saturated rings. The second-order valence-corrected chi connectivity index (χ2v) is 6.62. The Hall–Kier alpha value is -3.67. The van der Waals surface area contributed by atoms with Crippen LogP contribution < -0.4 is 25.8 Å². The Morgan fingerprint density at radius 3 is 2.38 bits per heavy atom. The van der Waals surface area contributed by atoms with Gasteiger partial charge in [-0.15, -0.1) is 0 Å². The SMILES string of the molecule is COc1cc(NCc2ccc(C(=O)Nc3ccccc3N)cc2)cc(C)c1OC. The summed E-state index contributed by atoms with van der Waals surface area (Å²) in [6.45, 7) is 2.59. The zero-order chi connectivity index (χ0) is 20.8. The van der Waals surface area contributed by atoms with E-state index in [9.17, 15) is 4.79 Å². The van der Waals surface area contributed by atoms with Crippen LogP contribution >= 0.6 is 0 Å². The number of rotatable bonds is 7. The molecule has 6 nitrogen and oxygen atoms in total. The van der Waals surface area contributed by atoms with Crippen LogP contribution in [-0.4, -0.2) is 20.1 Å². The summed E-state index contributed by atoms with van der Waals surface area (Å²) >= 11 is 0. The number of benzene rings is 3. The Labute approximate surface area is 170 Å². The third-order valence-electron chi connectivity index (χ3n) is 4.59. The van der Waals surface area contributed by atoms with Crippen LogP contribution in [0.3, 0.4) is 0 Å². The largest absolute Gasteiger partial charge is 0.493 e. The van der Waals surface area contributed by atoms with Crippen LogP contribution in [0.25, 0.3) is 0 Å². The number of carbonyl (C=O) groups is 1. The number of methoxy groups -OCH3 is 2. The highest BCUT2D eigenvalue weighted by molar-refractivity contribution is 6.05. The van der Waals surface area contributed by atoms with Crippen molar-refractivity contribution in [2.75, 3.05) is 30.6 Å². The molecule has 150 valence electrons. The van der Waals surface area contributed by atoms with Crippen molar-refractivity contribution in [3.05, 3.63) is 77.4 Å². The second kappa shape index (κ2) is 9.01. The first-order valence-corrected chi connectivity index (χ1v) is 9.23. The third kappa shape index (κ3) is 4.79. The van der Waals surface area contributed by atoms with Crippen LogP contribution in [-0.2, 0) is 6.54 Å². The Morgan fingerprint density at radius 2 is 1.72 bits per heavy atom. The molecule has 0 aliphatic carbocycles. The summed E-state index contributed by atoms with van der Waals surface area (Å²) < 4.78 is 10.8. The normalized spacial score (nSPS) is 10.3. The first kappa shape index (κ1) is 20.1. The van der Waals surface area contributed by atoms with E-state index in [1.165, 1.54) is 0 Å². The van der Waals surface area contributed by atoms with Crippen LogP contribution in [0.1, 0.15) is 21.5 Å². The number of anilines is 3. The van der Waals surface area contributed by atoms with E-state index in [1.807, 2.05) is 43.3 Å². The van der Waals surface area contributed by atoms with Crippen LogP contribution in [0.15, 0.2) is 60.7 Å². The molecule has 0 aliphatic rings. The lowest BCUT2D eigenvalue weighted by Crippen LogP contribution is -2.13. The van der Waals surface area contributed by atoms with Crippen molar-refractivity contribution >= 4 is 23.0 Å². The predicted octanol–water partition coefficient (Wildman–Crippen LogP) is 4.46. The summed E-state index contributed by atoms with van der Waals surface area (Å²) in [5, 5.41) is 6.20. The Bertz CT molecular complexity index is 1000. The van der Waals surface area contributed by atoms with Crippen molar-refractivity contribution in [2.45, 2.75) is 13.5 Å². The smallest absolute Gasteiger partial charge is 0.255 e. The molecule has 29 heavy (non-hydrogen) atoms. The van der Waals surface area contributed by atoms with E-state index < -0.39 is 0 Å². The van der Waals surface area contributed by atoms with Gasteiger partial charge in [0.25, 0.3) is 5.91 Å². The molecule has 4 N–H and O–H groups in total. The minimum Gasteiger partial charge on any atom is -0.493 e. The van der Waals surface area contributed by atoms with Gasteiger partial charge >= 0.3 is 0 Å². The van der Waals surface area contributed by atoms with E-state index in [4.69, 9.17) is 15.2 Å². The predicted molar refractivity (Wildman–Crippen MR) is 117 cm³/mol. The molecule has 0 atom stereocenters. The molecular formula is C23H25N3O3. The molecule has 1 amide bonds. The van der Waals surface area contributed by atoms with Crippen molar-refractivity contribution in [1.29, 1.82) is 0 Å². The number of amides is 1. The van der Waals surface area contributed by atoms with Gasteiger partial charge in [0.2, 0.25) is 0 Å². The monoisotopic (exact) mass is 391 g/mol. The molecule has 0 unspecified atom stereocenters. The maximum Gasteiger partial charge on any atom is 0.255 e. The highest BCUT2D eigenvalue weighted by Crippen LogP contribution is 2.34. The first-order chi connectivity index (χ1) is 14.0. The van der Waals surface area contributed by atoms with Crippen molar-refractivity contribution in [2.24, 2.45) is 0 Å². The van der Waals surface area contributed by atoms with Crippen LogP contribution in [0.5, 0.6) is 11.5 Å². The van der Waals surface area contributed by atoms with E-state index in [1.54, 1.807) is 38.5 Å². The quantitative estimate of drug-likeness (QED) is 0.518. The van der Waals surface area contributed by atoms with Gasteiger partial charge in [-0.2, -0.15) is 0 Å². The summed E-state index contributed by atoms with van der Waals surface area (Å²) in [4.78, 5) is 12.4. The van der Waals surface area contributed by atoms with Gasteiger partial charge in [0.15, 0.2) is 11.5 Å². The van der Waals surface area contributed by atoms with Gasteiger partial charge in [0.05, 0.1) is 25.6 Å². The minimum absolute atomic E-state index is 0.196. The highest BCUT2D eigenvalue weighted by atomic mass is 16.5. The van der Waals surface area contributed by atoms with Crippen LogP contribution in [0.2, 0.25) is 0 Å². The number of aryl methyl sites for hydroxylation is 1. The van der Waals surface area contributed by atoms with Crippen molar-refractivity contribution in [3.63, 3.8) is 0 Å². The van der Waals surface area contributed by atoms with Gasteiger partial charge < -0.3 is 25.8 Å². The molecule has 0 bridgehead atoms. The summed E-state index contributed by atoms with van der Waals surface area (Å²) in [6.07, 6.45) is 0. The molecule has 3 aromatic rings. The molecule has 6 heteroatoms. The molecule has 0 aromatic heterocycles. The van der Waals surface area contributed by atoms with Gasteiger partial charge in [-0.25, -0.2) is 0 Å². The van der Waals surface area contributed by atoms with Crippen LogP contribution in [0, 0.1) is 6.92 Å². The van der Waals surface area contributed by atoms with E-state index >= 15 is 0 Å². The first-order valence-electron chi connectivity index (χ1n) is 9.23. The van der Waals surface area contributed by atoms with E-state index in [-0.39, 0.29) is 5.91 Å². The summed E-state index contributed by atoms with van der Waals surface area (Å²) in [5.74, 6) is 1.22. The van der Waals surface area contributed by atoms with Gasteiger partial charge in [-0.05, 0) is 48.4 Å². The van der Waals surface area contributed by atoms with Gasteiger partial charge in [0.1, 0.15) is 0 Å². The molecule has 0 aliphatic heterocycles. The van der Waals surface area contributed by atoms with E-state index in [0.717, 1.165) is 22.6 Å². The summed E-state index contributed by atoms with van der Waals surface area (Å²) in [5.41, 5.74) is 10.6. The lowest BCUT2D eigenvalue weighted by molar-refractivity contribution is 0.102. The lowest BCUT2D eigenvalue weighted by Gasteiger charge is -2.14. The van der Waals surface area contributed by atoms with Crippen LogP contribution in [0.4, 0.5) is 17.1 Å². The topological polar surface area (TPSA) is 85.6 Å².